The van der Waals surface area contributed by atoms with Crippen LogP contribution in [0.4, 0.5) is 0 Å². The molecule has 5 nitrogen and oxygen atoms in total. The lowest BCUT2D eigenvalue weighted by molar-refractivity contribution is -0.131. The molecule has 1 N–H and O–H groups in total. The molecule has 3 aromatic carbocycles. The van der Waals surface area contributed by atoms with Gasteiger partial charge in [0.1, 0.15) is 5.75 Å². The van der Waals surface area contributed by atoms with Crippen molar-refractivity contribution in [1.82, 2.24) is 10.2 Å². The lowest BCUT2D eigenvalue weighted by Gasteiger charge is -2.23. The summed E-state index contributed by atoms with van der Waals surface area (Å²) in [4.78, 5) is 26.1. The van der Waals surface area contributed by atoms with Crippen molar-refractivity contribution in [2.75, 3.05) is 14.2 Å². The van der Waals surface area contributed by atoms with Gasteiger partial charge in [-0.15, -0.1) is 0 Å². The molecule has 3 aromatic rings. The van der Waals surface area contributed by atoms with Gasteiger partial charge in [0.25, 0.3) is 0 Å². The van der Waals surface area contributed by atoms with Crippen LogP contribution in [0.25, 0.3) is 10.8 Å². The van der Waals surface area contributed by atoms with Gasteiger partial charge in [-0.3, -0.25) is 9.59 Å². The minimum atomic E-state index is -0.340. The van der Waals surface area contributed by atoms with Gasteiger partial charge < -0.3 is 15.0 Å². The Hall–Kier alpha value is -3.34. The molecule has 0 unspecified atom stereocenters. The molecule has 0 aliphatic heterocycles. The molecule has 1 atom stereocenters. The molecule has 0 heterocycles. The molecule has 2 amide bonds. The minimum Gasteiger partial charge on any atom is -0.497 e. The Balaban J connectivity index is 1.70. The summed E-state index contributed by atoms with van der Waals surface area (Å²) in [7, 11) is 3.44. The van der Waals surface area contributed by atoms with Crippen LogP contribution in [0.1, 0.15) is 30.5 Å². The maximum absolute atomic E-state index is 12.8. The zero-order valence-corrected chi connectivity index (χ0v) is 17.0. The number of hydrogen-bond donors (Lipinski definition) is 1. The van der Waals surface area contributed by atoms with Gasteiger partial charge in [0.2, 0.25) is 11.8 Å². The van der Waals surface area contributed by atoms with Crippen molar-refractivity contribution in [3.05, 3.63) is 77.9 Å². The van der Waals surface area contributed by atoms with Gasteiger partial charge in [-0.05, 0) is 40.1 Å². The van der Waals surface area contributed by atoms with Gasteiger partial charge in [-0.2, -0.15) is 0 Å². The van der Waals surface area contributed by atoms with Crippen molar-refractivity contribution in [2.24, 2.45) is 0 Å². The van der Waals surface area contributed by atoms with Crippen LogP contribution in [0.2, 0.25) is 0 Å². The second-order valence-corrected chi connectivity index (χ2v) is 7.17. The van der Waals surface area contributed by atoms with Crippen molar-refractivity contribution in [1.29, 1.82) is 0 Å². The summed E-state index contributed by atoms with van der Waals surface area (Å²) in [5.74, 6) is 0.643. The van der Waals surface area contributed by atoms with Crippen LogP contribution in [0.3, 0.4) is 0 Å². The first-order valence-corrected chi connectivity index (χ1v) is 9.59. The highest BCUT2D eigenvalue weighted by atomic mass is 16.5. The molecule has 3 rings (SSSR count). The van der Waals surface area contributed by atoms with Gasteiger partial charge in [0.15, 0.2) is 0 Å². The Labute approximate surface area is 171 Å². The molecule has 29 heavy (non-hydrogen) atoms. The van der Waals surface area contributed by atoms with E-state index in [1.807, 2.05) is 60.7 Å². The molecule has 150 valence electrons. The number of methoxy groups -OCH3 is 1. The van der Waals surface area contributed by atoms with Crippen molar-refractivity contribution < 1.29 is 14.3 Å². The quantitative estimate of drug-likeness (QED) is 0.661. The Kier molecular flexibility index (Phi) is 6.50. The molecular weight excluding hydrogens is 364 g/mol. The average molecular weight is 390 g/mol. The van der Waals surface area contributed by atoms with E-state index < -0.39 is 0 Å². The highest BCUT2D eigenvalue weighted by molar-refractivity contribution is 5.85. The predicted molar refractivity (Wildman–Crippen MR) is 115 cm³/mol. The fourth-order valence-electron chi connectivity index (χ4n) is 3.37. The SMILES string of the molecule is COc1ccc2cc(CN(C)C(=O)C[C@H](NC(C)=O)c3ccccc3)ccc2c1. The zero-order valence-electron chi connectivity index (χ0n) is 17.0. The van der Waals surface area contributed by atoms with E-state index in [1.165, 1.54) is 6.92 Å². The van der Waals surface area contributed by atoms with E-state index in [-0.39, 0.29) is 24.3 Å². The van der Waals surface area contributed by atoms with Crippen LogP contribution in [-0.4, -0.2) is 30.9 Å². The predicted octanol–water partition coefficient (Wildman–Crippen LogP) is 4.07. The molecular formula is C24H26N2O3. The Morgan fingerprint density at radius 2 is 1.69 bits per heavy atom. The van der Waals surface area contributed by atoms with E-state index in [4.69, 9.17) is 4.74 Å². The van der Waals surface area contributed by atoms with Crippen molar-refractivity contribution >= 4 is 22.6 Å². The lowest BCUT2D eigenvalue weighted by atomic mass is 10.0. The Morgan fingerprint density at radius 1 is 1.00 bits per heavy atom. The van der Waals surface area contributed by atoms with E-state index in [2.05, 4.69) is 11.4 Å². The van der Waals surface area contributed by atoms with Crippen molar-refractivity contribution in [3.63, 3.8) is 0 Å². The third-order valence-corrected chi connectivity index (χ3v) is 4.92. The van der Waals surface area contributed by atoms with E-state index in [0.29, 0.717) is 6.54 Å². The van der Waals surface area contributed by atoms with Crippen LogP contribution in [0.15, 0.2) is 66.7 Å². The number of amides is 2. The molecule has 0 aliphatic rings. The van der Waals surface area contributed by atoms with Crippen molar-refractivity contribution in [2.45, 2.75) is 25.9 Å². The van der Waals surface area contributed by atoms with E-state index >= 15 is 0 Å². The summed E-state index contributed by atoms with van der Waals surface area (Å²) in [6.45, 7) is 1.97. The maximum atomic E-state index is 12.8. The fraction of sp³-hybridized carbons (Fsp3) is 0.250. The van der Waals surface area contributed by atoms with Gasteiger partial charge in [-0.25, -0.2) is 0 Å². The standard InChI is InChI=1S/C24H26N2O3/c1-17(27)25-23(19-7-5-4-6-8-19)15-24(28)26(2)16-18-9-10-21-14-22(29-3)12-11-20(21)13-18/h4-14,23H,15-16H2,1-3H3,(H,25,27)/t23-/m0/s1. The van der Waals surface area contributed by atoms with E-state index in [9.17, 15) is 9.59 Å². The van der Waals surface area contributed by atoms with Crippen molar-refractivity contribution in [3.8, 4) is 5.75 Å². The third kappa shape index (κ3) is 5.35. The van der Waals surface area contributed by atoms with Crippen LogP contribution in [-0.2, 0) is 16.1 Å². The largest absolute Gasteiger partial charge is 0.497 e. The molecule has 0 spiro atoms. The van der Waals surface area contributed by atoms with E-state index in [1.54, 1.807) is 19.1 Å². The van der Waals surface area contributed by atoms with Gasteiger partial charge in [-0.1, -0.05) is 48.5 Å². The zero-order chi connectivity index (χ0) is 20.8. The number of hydrogen-bond acceptors (Lipinski definition) is 3. The summed E-state index contributed by atoms with van der Waals surface area (Å²) < 4.78 is 5.27. The molecule has 0 aliphatic carbocycles. The number of benzene rings is 3. The Bertz CT molecular complexity index is 1000. The molecule has 0 aromatic heterocycles. The minimum absolute atomic E-state index is 0.0255. The summed E-state index contributed by atoms with van der Waals surface area (Å²) >= 11 is 0. The third-order valence-electron chi connectivity index (χ3n) is 4.92. The number of ether oxygens (including phenoxy) is 1. The first-order chi connectivity index (χ1) is 14.0. The van der Waals surface area contributed by atoms with Crippen LogP contribution in [0, 0.1) is 0 Å². The van der Waals surface area contributed by atoms with E-state index in [0.717, 1.165) is 27.6 Å². The molecule has 5 heteroatoms. The second kappa shape index (κ2) is 9.24. The van der Waals surface area contributed by atoms with Gasteiger partial charge >= 0.3 is 0 Å². The van der Waals surface area contributed by atoms with Crippen LogP contribution in [0.5, 0.6) is 5.75 Å². The number of nitrogens with zero attached hydrogens (tertiary/aromatic N) is 1. The normalized spacial score (nSPS) is 11.7. The molecule has 0 saturated carbocycles. The summed E-state index contributed by atoms with van der Waals surface area (Å²) in [5, 5.41) is 5.08. The first-order valence-electron chi connectivity index (χ1n) is 9.59. The molecule has 0 saturated heterocycles. The number of fused-ring (bicyclic) bond motifs is 1. The van der Waals surface area contributed by atoms with Crippen LogP contribution >= 0.6 is 0 Å². The summed E-state index contributed by atoms with van der Waals surface area (Å²) in [6.07, 6.45) is 0.213. The molecule has 0 radical (unpaired) electrons. The smallest absolute Gasteiger partial charge is 0.225 e. The monoisotopic (exact) mass is 390 g/mol. The van der Waals surface area contributed by atoms with Gasteiger partial charge in [0.05, 0.1) is 19.6 Å². The first kappa shape index (κ1) is 20.4. The number of nitrogens with one attached hydrogen (secondary N) is 1. The average Bonchev–Trinajstić information content (AvgIpc) is 2.73. The Morgan fingerprint density at radius 3 is 2.38 bits per heavy atom. The van der Waals surface area contributed by atoms with Crippen LogP contribution < -0.4 is 10.1 Å². The summed E-state index contributed by atoms with van der Waals surface area (Å²) in [5.41, 5.74) is 1.97. The number of carbonyl (C=O) groups is 2. The highest BCUT2D eigenvalue weighted by Gasteiger charge is 2.19. The molecule has 0 fully saturated rings. The number of rotatable bonds is 7. The second-order valence-electron chi connectivity index (χ2n) is 7.17. The van der Waals surface area contributed by atoms with Gasteiger partial charge in [0, 0.05) is 20.5 Å². The summed E-state index contributed by atoms with van der Waals surface area (Å²) in [6, 6.07) is 21.3. The molecule has 0 bridgehead atoms. The lowest BCUT2D eigenvalue weighted by Crippen LogP contribution is -2.33. The topological polar surface area (TPSA) is 58.6 Å². The maximum Gasteiger partial charge on any atom is 0.225 e. The number of carbonyl (C=O) groups excluding carboxylic acids is 2. The highest BCUT2D eigenvalue weighted by Crippen LogP contribution is 2.23. The fourth-order valence-corrected chi connectivity index (χ4v) is 3.37.